The Morgan fingerprint density at radius 3 is 2.18 bits per heavy atom. The lowest BCUT2D eigenvalue weighted by Crippen LogP contribution is -2.37. The Morgan fingerprint density at radius 1 is 0.970 bits per heavy atom. The summed E-state index contributed by atoms with van der Waals surface area (Å²) in [6, 6.07) is 17.5. The molecule has 3 aromatic rings. The smallest absolute Gasteiger partial charge is 0.306 e. The fourth-order valence-electron chi connectivity index (χ4n) is 3.78. The highest BCUT2D eigenvalue weighted by molar-refractivity contribution is 6.30. The molecule has 1 heterocycles. The van der Waals surface area contributed by atoms with Gasteiger partial charge in [0.1, 0.15) is 0 Å². The van der Waals surface area contributed by atoms with E-state index in [1.807, 2.05) is 0 Å². The van der Waals surface area contributed by atoms with Crippen molar-refractivity contribution in [3.05, 3.63) is 99.5 Å². The number of alkyl halides is 3. The summed E-state index contributed by atoms with van der Waals surface area (Å²) in [6.45, 7) is 1.80. The van der Waals surface area contributed by atoms with Crippen molar-refractivity contribution in [2.45, 2.75) is 25.1 Å². The van der Waals surface area contributed by atoms with Crippen LogP contribution in [-0.4, -0.2) is 22.8 Å². The largest absolute Gasteiger partial charge is 0.416 e. The van der Waals surface area contributed by atoms with Crippen molar-refractivity contribution in [1.82, 2.24) is 5.01 Å². The molecule has 0 bridgehead atoms. The summed E-state index contributed by atoms with van der Waals surface area (Å²) in [5.41, 5.74) is 1.17. The minimum Gasteiger partial charge on any atom is -0.306 e. The van der Waals surface area contributed by atoms with Crippen molar-refractivity contribution in [1.29, 1.82) is 0 Å². The molecular formula is C24H18Cl2F3N3O. The van der Waals surface area contributed by atoms with Crippen LogP contribution in [0.2, 0.25) is 10.0 Å². The molecular weight excluding hydrogens is 474 g/mol. The Bertz CT molecular complexity index is 1190. The van der Waals surface area contributed by atoms with Crippen LogP contribution in [0, 0.1) is 0 Å². The summed E-state index contributed by atoms with van der Waals surface area (Å²) in [7, 11) is 0. The maximum Gasteiger partial charge on any atom is 0.416 e. The molecule has 4 nitrogen and oxygen atoms in total. The van der Waals surface area contributed by atoms with E-state index in [0.717, 1.165) is 17.7 Å². The van der Waals surface area contributed by atoms with Crippen LogP contribution in [0.5, 0.6) is 0 Å². The molecule has 0 aromatic heterocycles. The third kappa shape index (κ3) is 4.99. The van der Waals surface area contributed by atoms with Gasteiger partial charge in [-0.2, -0.15) is 18.3 Å². The molecule has 0 fully saturated rings. The van der Waals surface area contributed by atoms with Crippen molar-refractivity contribution in [2.75, 3.05) is 5.32 Å². The second kappa shape index (κ2) is 9.08. The first-order valence-electron chi connectivity index (χ1n) is 10.0. The molecule has 1 aliphatic rings. The van der Waals surface area contributed by atoms with Crippen molar-refractivity contribution < 1.29 is 18.0 Å². The second-order valence-electron chi connectivity index (χ2n) is 7.62. The number of carbonyl (C=O) groups excluding carboxylic acids is 1. The quantitative estimate of drug-likeness (QED) is 0.406. The van der Waals surface area contributed by atoms with E-state index < -0.39 is 29.7 Å². The Morgan fingerprint density at radius 2 is 1.58 bits per heavy atom. The zero-order valence-corrected chi connectivity index (χ0v) is 18.8. The molecule has 0 radical (unpaired) electrons. The van der Waals surface area contributed by atoms with Gasteiger partial charge in [0.05, 0.1) is 23.2 Å². The molecule has 33 heavy (non-hydrogen) atoms. The van der Waals surface area contributed by atoms with Gasteiger partial charge in [-0.3, -0.25) is 0 Å². The van der Waals surface area contributed by atoms with E-state index in [1.165, 1.54) is 11.1 Å². The molecule has 1 aliphatic heterocycles. The number of urea groups is 1. The summed E-state index contributed by atoms with van der Waals surface area (Å²) in [6.07, 6.45) is -4.50. The van der Waals surface area contributed by atoms with E-state index in [9.17, 15) is 18.0 Å². The molecule has 4 rings (SSSR count). The minimum atomic E-state index is -4.50. The Labute approximate surface area is 198 Å². The average Bonchev–Trinajstić information content (AvgIpc) is 3.13. The lowest BCUT2D eigenvalue weighted by atomic mass is 9.85. The number of amides is 2. The lowest BCUT2D eigenvalue weighted by Gasteiger charge is -2.24. The maximum absolute atomic E-state index is 13.3. The van der Waals surface area contributed by atoms with E-state index in [0.29, 0.717) is 27.0 Å². The number of nitrogens with one attached hydrogen (secondary N) is 1. The summed E-state index contributed by atoms with van der Waals surface area (Å²) in [5, 5.41) is 9.52. The third-order valence-electron chi connectivity index (χ3n) is 5.40. The molecule has 170 valence electrons. The number of carbonyl (C=O) groups is 1. The zero-order chi connectivity index (χ0) is 23.8. The fourth-order valence-corrected chi connectivity index (χ4v) is 4.03. The molecule has 2 amide bonds. The number of hydrazone groups is 1. The summed E-state index contributed by atoms with van der Waals surface area (Å²) < 4.78 is 40.0. The van der Waals surface area contributed by atoms with Crippen molar-refractivity contribution in [2.24, 2.45) is 5.10 Å². The number of nitrogens with zero attached hydrogens (tertiary/aromatic N) is 2. The average molecular weight is 492 g/mol. The van der Waals surface area contributed by atoms with Gasteiger partial charge in [-0.25, -0.2) is 9.80 Å². The standard InChI is InChI=1S/C24H18Cl2F3N3O/c1-14-21(15-5-7-18(25)8-6-15)22(16-3-2-4-17(13-16)24(27,28)29)31-32(14)23(33)30-20-11-9-19(26)10-12-20/h2-14,21H,1H3,(H,30,33). The predicted octanol–water partition coefficient (Wildman–Crippen LogP) is 7.44. The SMILES string of the molecule is CC1C(c2ccc(Cl)cc2)C(c2cccc(C(F)(F)F)c2)=NN1C(=O)Nc1ccc(Cl)cc1. The Balaban J connectivity index is 1.73. The highest BCUT2D eigenvalue weighted by atomic mass is 35.5. The molecule has 0 spiro atoms. The monoisotopic (exact) mass is 491 g/mol. The molecule has 0 saturated heterocycles. The predicted molar refractivity (Wildman–Crippen MR) is 124 cm³/mol. The van der Waals surface area contributed by atoms with Crippen LogP contribution in [0.3, 0.4) is 0 Å². The molecule has 1 N–H and O–H groups in total. The van der Waals surface area contributed by atoms with Gasteiger partial charge >= 0.3 is 12.2 Å². The third-order valence-corrected chi connectivity index (χ3v) is 5.90. The van der Waals surface area contributed by atoms with E-state index in [-0.39, 0.29) is 0 Å². The number of anilines is 1. The number of halogens is 5. The van der Waals surface area contributed by atoms with E-state index >= 15 is 0 Å². The van der Waals surface area contributed by atoms with E-state index in [1.54, 1.807) is 61.5 Å². The van der Waals surface area contributed by atoms with Crippen molar-refractivity contribution >= 4 is 40.6 Å². The zero-order valence-electron chi connectivity index (χ0n) is 17.3. The van der Waals surface area contributed by atoms with Crippen LogP contribution in [0.4, 0.5) is 23.7 Å². The molecule has 0 aliphatic carbocycles. The van der Waals surface area contributed by atoms with Gasteiger partial charge in [0.25, 0.3) is 0 Å². The Kier molecular flexibility index (Phi) is 6.36. The van der Waals surface area contributed by atoms with Gasteiger partial charge in [0.15, 0.2) is 0 Å². The summed E-state index contributed by atoms with van der Waals surface area (Å²) >= 11 is 11.9. The number of benzene rings is 3. The van der Waals surface area contributed by atoms with E-state index in [4.69, 9.17) is 23.2 Å². The van der Waals surface area contributed by atoms with Crippen LogP contribution in [0.25, 0.3) is 0 Å². The van der Waals surface area contributed by atoms with Gasteiger partial charge in [-0.05, 0) is 66.6 Å². The van der Waals surface area contributed by atoms with Gasteiger partial charge in [-0.1, -0.05) is 47.5 Å². The number of rotatable bonds is 3. The maximum atomic E-state index is 13.3. The first kappa shape index (κ1) is 23.1. The first-order valence-corrected chi connectivity index (χ1v) is 10.8. The van der Waals surface area contributed by atoms with Crippen molar-refractivity contribution in [3.8, 4) is 0 Å². The summed E-state index contributed by atoms with van der Waals surface area (Å²) in [5.74, 6) is -0.457. The molecule has 2 unspecified atom stereocenters. The van der Waals surface area contributed by atoms with Crippen LogP contribution < -0.4 is 5.32 Å². The number of hydrogen-bond acceptors (Lipinski definition) is 2. The lowest BCUT2D eigenvalue weighted by molar-refractivity contribution is -0.137. The van der Waals surface area contributed by atoms with Gasteiger partial charge in [0.2, 0.25) is 0 Å². The van der Waals surface area contributed by atoms with Gasteiger partial charge in [-0.15, -0.1) is 0 Å². The van der Waals surface area contributed by atoms with Crippen LogP contribution in [0.1, 0.15) is 29.5 Å². The molecule has 0 saturated carbocycles. The van der Waals surface area contributed by atoms with Crippen LogP contribution in [-0.2, 0) is 6.18 Å². The normalized spacial score (nSPS) is 18.2. The fraction of sp³-hybridized carbons (Fsp3) is 0.167. The molecule has 3 aromatic carbocycles. The highest BCUT2D eigenvalue weighted by Gasteiger charge is 2.40. The Hall–Kier alpha value is -3.03. The first-order chi connectivity index (χ1) is 15.6. The highest BCUT2D eigenvalue weighted by Crippen LogP contribution is 2.37. The van der Waals surface area contributed by atoms with Gasteiger partial charge in [0, 0.05) is 15.7 Å². The van der Waals surface area contributed by atoms with Crippen LogP contribution in [0.15, 0.2) is 77.9 Å². The minimum absolute atomic E-state index is 0.290. The van der Waals surface area contributed by atoms with E-state index in [2.05, 4.69) is 10.4 Å². The van der Waals surface area contributed by atoms with Crippen molar-refractivity contribution in [3.63, 3.8) is 0 Å². The number of hydrogen-bond donors (Lipinski definition) is 1. The molecule has 2 atom stereocenters. The molecule has 9 heteroatoms. The van der Waals surface area contributed by atoms with Gasteiger partial charge < -0.3 is 5.32 Å². The summed E-state index contributed by atoms with van der Waals surface area (Å²) in [4.78, 5) is 13.0. The van der Waals surface area contributed by atoms with Crippen LogP contribution >= 0.6 is 23.2 Å². The second-order valence-corrected chi connectivity index (χ2v) is 8.49. The topological polar surface area (TPSA) is 44.7 Å².